The summed E-state index contributed by atoms with van der Waals surface area (Å²) in [5.41, 5.74) is 8.94. The zero-order valence-corrected chi connectivity index (χ0v) is 11.9. The third-order valence-corrected chi connectivity index (χ3v) is 3.77. The summed E-state index contributed by atoms with van der Waals surface area (Å²) < 4.78 is 22.7. The van der Waals surface area contributed by atoms with Crippen LogP contribution in [0.2, 0.25) is 0 Å². The van der Waals surface area contributed by atoms with Crippen molar-refractivity contribution < 1.29 is 8.42 Å². The normalized spacial score (nSPS) is 11.3. The van der Waals surface area contributed by atoms with E-state index < -0.39 is 10.0 Å². The third kappa shape index (κ3) is 3.72. The van der Waals surface area contributed by atoms with Gasteiger partial charge in [-0.25, -0.2) is 13.6 Å². The van der Waals surface area contributed by atoms with E-state index in [0.29, 0.717) is 17.9 Å². The van der Waals surface area contributed by atoms with Crippen molar-refractivity contribution in [3.63, 3.8) is 0 Å². The number of anilines is 2. The van der Waals surface area contributed by atoms with Gasteiger partial charge in [0, 0.05) is 17.9 Å². The van der Waals surface area contributed by atoms with Crippen LogP contribution in [0.15, 0.2) is 47.4 Å². The molecule has 6 heteroatoms. The summed E-state index contributed by atoms with van der Waals surface area (Å²) in [5, 5.41) is 8.24. The lowest BCUT2D eigenvalue weighted by Gasteiger charge is -2.09. The minimum atomic E-state index is -3.76. The van der Waals surface area contributed by atoms with E-state index >= 15 is 0 Å². The first-order valence-corrected chi connectivity index (χ1v) is 7.62. The van der Waals surface area contributed by atoms with Crippen LogP contribution in [0.5, 0.6) is 0 Å². The van der Waals surface area contributed by atoms with Gasteiger partial charge in [-0.15, -0.1) is 0 Å². The molecule has 0 aliphatic rings. The molecule has 5 N–H and O–H groups in total. The quantitative estimate of drug-likeness (QED) is 0.748. The molecule has 0 radical (unpaired) electrons. The standard InChI is InChI=1S/C14H17N3O2S/c1-10-2-4-11(5-3-10)9-17-13-6-12(15)7-14(8-13)20(16,18)19/h2-8,17H,9,15H2,1H3,(H2,16,18,19). The molecule has 0 amide bonds. The van der Waals surface area contributed by atoms with Gasteiger partial charge in [-0.05, 0) is 30.7 Å². The van der Waals surface area contributed by atoms with Crippen LogP contribution in [0.25, 0.3) is 0 Å². The SMILES string of the molecule is Cc1ccc(CNc2cc(N)cc(S(N)(=O)=O)c2)cc1. The van der Waals surface area contributed by atoms with Gasteiger partial charge in [0.25, 0.3) is 0 Å². The number of hydrogen-bond acceptors (Lipinski definition) is 4. The Bertz CT molecular complexity index is 710. The first kappa shape index (κ1) is 14.4. The Labute approximate surface area is 118 Å². The first-order valence-electron chi connectivity index (χ1n) is 6.07. The van der Waals surface area contributed by atoms with Crippen LogP contribution in [-0.4, -0.2) is 8.42 Å². The molecule has 0 aromatic heterocycles. The average Bonchev–Trinajstić information content (AvgIpc) is 2.36. The molecule has 20 heavy (non-hydrogen) atoms. The minimum absolute atomic E-state index is 0.00362. The van der Waals surface area contributed by atoms with Gasteiger partial charge in [-0.2, -0.15) is 0 Å². The van der Waals surface area contributed by atoms with Gasteiger partial charge in [0.2, 0.25) is 10.0 Å². The Morgan fingerprint density at radius 2 is 1.75 bits per heavy atom. The molecule has 0 atom stereocenters. The Kier molecular flexibility index (Phi) is 3.96. The monoisotopic (exact) mass is 291 g/mol. The number of benzene rings is 2. The molecule has 0 saturated carbocycles. The van der Waals surface area contributed by atoms with Crippen LogP contribution < -0.4 is 16.2 Å². The Balaban J connectivity index is 2.17. The molecule has 0 unspecified atom stereocenters. The highest BCUT2D eigenvalue weighted by Crippen LogP contribution is 2.20. The summed E-state index contributed by atoms with van der Waals surface area (Å²) in [6.45, 7) is 2.60. The Morgan fingerprint density at radius 3 is 2.35 bits per heavy atom. The van der Waals surface area contributed by atoms with E-state index in [2.05, 4.69) is 5.32 Å². The lowest BCUT2D eigenvalue weighted by atomic mass is 10.1. The summed E-state index contributed by atoms with van der Waals surface area (Å²) in [6.07, 6.45) is 0. The van der Waals surface area contributed by atoms with Gasteiger partial charge in [-0.3, -0.25) is 0 Å². The van der Waals surface area contributed by atoms with Crippen molar-refractivity contribution in [1.29, 1.82) is 0 Å². The molecule has 2 rings (SSSR count). The van der Waals surface area contributed by atoms with Gasteiger partial charge in [0.15, 0.2) is 0 Å². The van der Waals surface area contributed by atoms with Gasteiger partial charge in [0.05, 0.1) is 4.90 Å². The van der Waals surface area contributed by atoms with Crippen molar-refractivity contribution in [2.75, 3.05) is 11.1 Å². The molecule has 5 nitrogen and oxygen atoms in total. The lowest BCUT2D eigenvalue weighted by Crippen LogP contribution is -2.13. The number of primary sulfonamides is 1. The third-order valence-electron chi connectivity index (χ3n) is 2.87. The summed E-state index contributed by atoms with van der Waals surface area (Å²) in [6, 6.07) is 12.5. The van der Waals surface area contributed by atoms with Gasteiger partial charge >= 0.3 is 0 Å². The van der Waals surface area contributed by atoms with Crippen LogP contribution in [-0.2, 0) is 16.6 Å². The fourth-order valence-corrected chi connectivity index (χ4v) is 2.39. The number of aryl methyl sites for hydroxylation is 1. The van der Waals surface area contributed by atoms with Crippen molar-refractivity contribution in [3.05, 3.63) is 53.6 Å². The van der Waals surface area contributed by atoms with Crippen molar-refractivity contribution >= 4 is 21.4 Å². The molecule has 2 aromatic carbocycles. The molecule has 0 saturated heterocycles. The van der Waals surface area contributed by atoms with E-state index in [-0.39, 0.29) is 4.90 Å². The fraction of sp³-hybridized carbons (Fsp3) is 0.143. The van der Waals surface area contributed by atoms with Gasteiger partial charge in [-0.1, -0.05) is 29.8 Å². The second-order valence-electron chi connectivity index (χ2n) is 4.67. The highest BCUT2D eigenvalue weighted by molar-refractivity contribution is 7.89. The lowest BCUT2D eigenvalue weighted by molar-refractivity contribution is 0.598. The maximum atomic E-state index is 11.3. The number of nitrogen functional groups attached to an aromatic ring is 1. The smallest absolute Gasteiger partial charge is 0.238 e. The number of hydrogen-bond donors (Lipinski definition) is 3. The van der Waals surface area contributed by atoms with Crippen LogP contribution in [0.1, 0.15) is 11.1 Å². The van der Waals surface area contributed by atoms with Crippen molar-refractivity contribution in [3.8, 4) is 0 Å². The molecule has 0 aliphatic carbocycles. The molecule has 0 spiro atoms. The highest BCUT2D eigenvalue weighted by atomic mass is 32.2. The largest absolute Gasteiger partial charge is 0.399 e. The summed E-state index contributed by atoms with van der Waals surface area (Å²) in [7, 11) is -3.76. The predicted molar refractivity (Wildman–Crippen MR) is 80.7 cm³/mol. The van der Waals surface area contributed by atoms with E-state index in [1.165, 1.54) is 17.7 Å². The molecular formula is C14H17N3O2S. The number of nitrogens with two attached hydrogens (primary N) is 2. The van der Waals surface area contributed by atoms with Crippen LogP contribution in [0.4, 0.5) is 11.4 Å². The summed E-state index contributed by atoms with van der Waals surface area (Å²) in [5.74, 6) is 0. The maximum absolute atomic E-state index is 11.3. The Hall–Kier alpha value is -2.05. The van der Waals surface area contributed by atoms with E-state index in [1.807, 2.05) is 31.2 Å². The molecule has 106 valence electrons. The second-order valence-corrected chi connectivity index (χ2v) is 6.24. The molecule has 0 bridgehead atoms. The molecule has 0 aliphatic heterocycles. The predicted octanol–water partition coefficient (Wildman–Crippen LogP) is 1.84. The average molecular weight is 291 g/mol. The summed E-state index contributed by atoms with van der Waals surface area (Å²) in [4.78, 5) is 0.00362. The fourth-order valence-electron chi connectivity index (χ4n) is 1.80. The minimum Gasteiger partial charge on any atom is -0.399 e. The van der Waals surface area contributed by atoms with Crippen LogP contribution in [0, 0.1) is 6.92 Å². The van der Waals surface area contributed by atoms with Gasteiger partial charge in [0.1, 0.15) is 0 Å². The van der Waals surface area contributed by atoms with Crippen molar-refractivity contribution in [2.45, 2.75) is 18.4 Å². The molecule has 0 fully saturated rings. The van der Waals surface area contributed by atoms with E-state index in [9.17, 15) is 8.42 Å². The van der Waals surface area contributed by atoms with Crippen molar-refractivity contribution in [1.82, 2.24) is 0 Å². The van der Waals surface area contributed by atoms with E-state index in [4.69, 9.17) is 10.9 Å². The number of nitrogens with one attached hydrogen (secondary N) is 1. The van der Waals surface area contributed by atoms with Crippen LogP contribution in [0.3, 0.4) is 0 Å². The van der Waals surface area contributed by atoms with E-state index in [1.54, 1.807) is 6.07 Å². The Morgan fingerprint density at radius 1 is 1.10 bits per heavy atom. The number of sulfonamides is 1. The van der Waals surface area contributed by atoms with Crippen molar-refractivity contribution in [2.24, 2.45) is 5.14 Å². The van der Waals surface area contributed by atoms with Crippen LogP contribution >= 0.6 is 0 Å². The van der Waals surface area contributed by atoms with Gasteiger partial charge < -0.3 is 11.1 Å². The molecule has 0 heterocycles. The topological polar surface area (TPSA) is 98.2 Å². The maximum Gasteiger partial charge on any atom is 0.238 e. The zero-order valence-electron chi connectivity index (χ0n) is 11.1. The zero-order chi connectivity index (χ0) is 14.8. The summed E-state index contributed by atoms with van der Waals surface area (Å²) >= 11 is 0. The first-order chi connectivity index (χ1) is 9.34. The van der Waals surface area contributed by atoms with E-state index in [0.717, 1.165) is 5.56 Å². The molecule has 2 aromatic rings. The molecular weight excluding hydrogens is 274 g/mol. The number of rotatable bonds is 4. The second kappa shape index (κ2) is 5.52. The highest BCUT2D eigenvalue weighted by Gasteiger charge is 2.09.